The van der Waals surface area contributed by atoms with E-state index in [1.807, 2.05) is 0 Å². The molecule has 0 fully saturated rings. The second-order valence-electron chi connectivity index (χ2n) is 4.68. The smallest absolute Gasteiger partial charge is 0.387 e. The van der Waals surface area contributed by atoms with E-state index in [1.54, 1.807) is 0 Å². The van der Waals surface area contributed by atoms with Crippen LogP contribution in [0.3, 0.4) is 0 Å². The molecule has 9 heteroatoms. The number of nitrogens with one attached hydrogen (secondary N) is 1. The fraction of sp³-hybridized carbons (Fsp3) is 0.214. The van der Waals surface area contributed by atoms with Crippen molar-refractivity contribution in [3.63, 3.8) is 0 Å². The summed E-state index contributed by atoms with van der Waals surface area (Å²) in [4.78, 5) is 3.61. The van der Waals surface area contributed by atoms with Gasteiger partial charge in [-0.05, 0) is 29.8 Å². The highest BCUT2D eigenvalue weighted by Gasteiger charge is 2.30. The maximum Gasteiger partial charge on any atom is 0.416 e. The van der Waals surface area contributed by atoms with E-state index in [9.17, 15) is 26.7 Å². The van der Waals surface area contributed by atoms with Crippen LogP contribution < -0.4 is 4.72 Å². The number of aliphatic hydroxyl groups excluding tert-OH is 1. The second-order valence-corrected chi connectivity index (χ2v) is 6.44. The predicted molar refractivity (Wildman–Crippen MR) is 75.8 cm³/mol. The third-order valence-electron chi connectivity index (χ3n) is 3.03. The van der Waals surface area contributed by atoms with Crippen LogP contribution in [-0.2, 0) is 16.2 Å². The molecule has 2 aromatic rings. The van der Waals surface area contributed by atoms with Gasteiger partial charge >= 0.3 is 6.18 Å². The molecule has 124 valence electrons. The first-order valence-electron chi connectivity index (χ1n) is 6.45. The number of benzene rings is 1. The number of pyridine rings is 1. The van der Waals surface area contributed by atoms with E-state index in [2.05, 4.69) is 9.71 Å². The van der Waals surface area contributed by atoms with Crippen molar-refractivity contribution in [2.45, 2.75) is 17.2 Å². The van der Waals surface area contributed by atoms with Crippen LogP contribution in [0.15, 0.2) is 53.7 Å². The van der Waals surface area contributed by atoms with Gasteiger partial charge in [-0.15, -0.1) is 0 Å². The van der Waals surface area contributed by atoms with Crippen LogP contribution in [0.2, 0.25) is 0 Å². The molecule has 0 radical (unpaired) electrons. The van der Waals surface area contributed by atoms with Crippen molar-refractivity contribution in [1.29, 1.82) is 0 Å². The highest BCUT2D eigenvalue weighted by molar-refractivity contribution is 7.89. The number of rotatable bonds is 5. The van der Waals surface area contributed by atoms with E-state index in [1.165, 1.54) is 18.3 Å². The van der Waals surface area contributed by atoms with Crippen molar-refractivity contribution in [2.24, 2.45) is 0 Å². The minimum absolute atomic E-state index is 0.0698. The first-order valence-corrected chi connectivity index (χ1v) is 7.93. The van der Waals surface area contributed by atoms with Gasteiger partial charge in [-0.3, -0.25) is 4.98 Å². The Labute approximate surface area is 130 Å². The summed E-state index contributed by atoms with van der Waals surface area (Å²) in [5.41, 5.74) is -0.670. The third kappa shape index (κ3) is 4.50. The van der Waals surface area contributed by atoms with Gasteiger partial charge in [0.05, 0.1) is 11.7 Å². The van der Waals surface area contributed by atoms with Gasteiger partial charge in [0.1, 0.15) is 4.90 Å². The summed E-state index contributed by atoms with van der Waals surface area (Å²) in [6.45, 7) is -0.372. The fourth-order valence-corrected chi connectivity index (χ4v) is 2.79. The number of nitrogens with zero attached hydrogens (tertiary/aromatic N) is 1. The third-order valence-corrected chi connectivity index (χ3v) is 4.44. The Balaban J connectivity index is 2.04. The molecule has 1 aromatic carbocycles. The van der Waals surface area contributed by atoms with E-state index in [0.29, 0.717) is 0 Å². The van der Waals surface area contributed by atoms with Crippen molar-refractivity contribution in [3.05, 3.63) is 59.9 Å². The Morgan fingerprint density at radius 3 is 2.35 bits per heavy atom. The Hall–Kier alpha value is -1.97. The van der Waals surface area contributed by atoms with Crippen molar-refractivity contribution < 1.29 is 26.7 Å². The molecule has 0 amide bonds. The standard InChI is InChI=1S/C14H13F3N2O3S/c15-14(16,17)11-5-3-10(4-6-11)13(20)9-19-23(21,22)12-2-1-7-18-8-12/h1-8,13,19-20H,9H2/t13-/m0/s1. The first kappa shape index (κ1) is 17.4. The normalized spacial score (nSPS) is 13.7. The first-order chi connectivity index (χ1) is 10.7. The number of hydrogen-bond donors (Lipinski definition) is 2. The number of aromatic nitrogens is 1. The maximum atomic E-state index is 12.5. The van der Waals surface area contributed by atoms with Crippen LogP contribution in [0.4, 0.5) is 13.2 Å². The van der Waals surface area contributed by atoms with Gasteiger partial charge in [0.25, 0.3) is 0 Å². The van der Waals surface area contributed by atoms with Crippen LogP contribution in [0.5, 0.6) is 0 Å². The molecule has 0 aliphatic rings. The molecule has 23 heavy (non-hydrogen) atoms. The zero-order chi connectivity index (χ0) is 17.1. The summed E-state index contributed by atoms with van der Waals surface area (Å²) in [5.74, 6) is 0. The van der Waals surface area contributed by atoms with Crippen molar-refractivity contribution in [3.8, 4) is 0 Å². The van der Waals surface area contributed by atoms with Gasteiger partial charge < -0.3 is 5.11 Å². The van der Waals surface area contributed by atoms with E-state index in [-0.39, 0.29) is 17.0 Å². The van der Waals surface area contributed by atoms with Gasteiger partial charge in [0.2, 0.25) is 10.0 Å². The monoisotopic (exact) mass is 346 g/mol. The minimum atomic E-state index is -4.47. The summed E-state index contributed by atoms with van der Waals surface area (Å²) < 4.78 is 63.4. The average molecular weight is 346 g/mol. The zero-order valence-electron chi connectivity index (χ0n) is 11.7. The van der Waals surface area contributed by atoms with Gasteiger partial charge in [-0.2, -0.15) is 13.2 Å². The van der Waals surface area contributed by atoms with Crippen LogP contribution in [0, 0.1) is 0 Å². The van der Waals surface area contributed by atoms with Crippen LogP contribution >= 0.6 is 0 Å². The summed E-state index contributed by atoms with van der Waals surface area (Å²) in [6.07, 6.45) is -3.18. The van der Waals surface area contributed by atoms with Crippen molar-refractivity contribution in [1.82, 2.24) is 9.71 Å². The molecule has 0 spiro atoms. The lowest BCUT2D eigenvalue weighted by Gasteiger charge is -2.14. The molecule has 1 atom stereocenters. The van der Waals surface area contributed by atoms with Crippen LogP contribution in [0.25, 0.3) is 0 Å². The van der Waals surface area contributed by atoms with Gasteiger partial charge in [-0.1, -0.05) is 12.1 Å². The topological polar surface area (TPSA) is 79.3 Å². The van der Waals surface area contributed by atoms with Gasteiger partial charge in [-0.25, -0.2) is 13.1 Å². The number of aliphatic hydroxyl groups is 1. The predicted octanol–water partition coefficient (Wildman–Crippen LogP) is 2.11. The van der Waals surface area contributed by atoms with E-state index < -0.39 is 27.9 Å². The molecule has 2 N–H and O–H groups in total. The molecule has 5 nitrogen and oxygen atoms in total. The molecular formula is C14H13F3N2O3S. The number of sulfonamides is 1. The Morgan fingerprint density at radius 2 is 1.83 bits per heavy atom. The number of hydrogen-bond acceptors (Lipinski definition) is 4. The van der Waals surface area contributed by atoms with Crippen LogP contribution in [-0.4, -0.2) is 25.1 Å². The Kier molecular flexibility index (Phi) is 5.03. The summed E-state index contributed by atoms with van der Waals surface area (Å²) in [5, 5.41) is 9.90. The summed E-state index contributed by atoms with van der Waals surface area (Å²) >= 11 is 0. The number of halogens is 3. The molecule has 0 saturated carbocycles. The lowest BCUT2D eigenvalue weighted by atomic mass is 10.1. The van der Waals surface area contributed by atoms with Gasteiger partial charge in [0, 0.05) is 18.9 Å². The lowest BCUT2D eigenvalue weighted by molar-refractivity contribution is -0.137. The van der Waals surface area contributed by atoms with Crippen molar-refractivity contribution >= 4 is 10.0 Å². The average Bonchev–Trinajstić information content (AvgIpc) is 2.53. The molecular weight excluding hydrogens is 333 g/mol. The molecule has 0 unspecified atom stereocenters. The minimum Gasteiger partial charge on any atom is -0.387 e. The Morgan fingerprint density at radius 1 is 1.17 bits per heavy atom. The number of alkyl halides is 3. The summed E-state index contributed by atoms with van der Waals surface area (Å²) in [6, 6.07) is 6.64. The second kappa shape index (κ2) is 6.65. The molecule has 1 heterocycles. The van der Waals surface area contributed by atoms with E-state index >= 15 is 0 Å². The quantitative estimate of drug-likeness (QED) is 0.869. The zero-order valence-corrected chi connectivity index (χ0v) is 12.5. The Bertz CT molecular complexity index is 747. The largest absolute Gasteiger partial charge is 0.416 e. The molecule has 0 aliphatic heterocycles. The molecule has 0 bridgehead atoms. The molecule has 0 saturated heterocycles. The fourth-order valence-electron chi connectivity index (χ4n) is 1.79. The van der Waals surface area contributed by atoms with E-state index in [4.69, 9.17) is 0 Å². The maximum absolute atomic E-state index is 12.5. The molecule has 1 aromatic heterocycles. The van der Waals surface area contributed by atoms with E-state index in [0.717, 1.165) is 30.5 Å². The van der Waals surface area contributed by atoms with Crippen LogP contribution in [0.1, 0.15) is 17.2 Å². The van der Waals surface area contributed by atoms with Crippen molar-refractivity contribution in [2.75, 3.05) is 6.54 Å². The van der Waals surface area contributed by atoms with Gasteiger partial charge in [0.15, 0.2) is 0 Å². The highest BCUT2D eigenvalue weighted by Crippen LogP contribution is 2.29. The highest BCUT2D eigenvalue weighted by atomic mass is 32.2. The lowest BCUT2D eigenvalue weighted by Crippen LogP contribution is -2.28. The SMILES string of the molecule is O=S(=O)(NC[C@H](O)c1ccc(C(F)(F)F)cc1)c1cccnc1. The molecule has 0 aliphatic carbocycles. The molecule has 2 rings (SSSR count). The summed E-state index contributed by atoms with van der Waals surface area (Å²) in [7, 11) is -3.85.